The van der Waals surface area contributed by atoms with Gasteiger partial charge in [-0.05, 0) is 50.1 Å². The molecule has 0 aliphatic heterocycles. The molecule has 5 nitrogen and oxygen atoms in total. The lowest BCUT2D eigenvalue weighted by Crippen LogP contribution is -2.26. The van der Waals surface area contributed by atoms with E-state index in [0.29, 0.717) is 22.0 Å². The number of fused-ring (bicyclic) bond motifs is 1. The second-order valence-electron chi connectivity index (χ2n) is 7.02. The molecule has 0 N–H and O–H groups in total. The number of carbonyl (C=O) groups excluding carboxylic acids is 1. The van der Waals surface area contributed by atoms with Gasteiger partial charge in [-0.1, -0.05) is 24.3 Å². The van der Waals surface area contributed by atoms with Crippen LogP contribution < -0.4 is 0 Å². The molecule has 0 saturated heterocycles. The minimum absolute atomic E-state index is 0.185. The number of hydrogen-bond donors (Lipinski definition) is 0. The van der Waals surface area contributed by atoms with Crippen LogP contribution in [0.4, 0.5) is 9.18 Å². The van der Waals surface area contributed by atoms with E-state index in [1.807, 2.05) is 0 Å². The fourth-order valence-corrected chi connectivity index (χ4v) is 3.71. The van der Waals surface area contributed by atoms with Gasteiger partial charge in [0.05, 0.1) is 5.52 Å². The topological polar surface area (TPSA) is 65.4 Å². The molecule has 0 bridgehead atoms. The zero-order chi connectivity index (χ0) is 20.0. The van der Waals surface area contributed by atoms with Crippen molar-refractivity contribution >= 4 is 36.7 Å². The van der Waals surface area contributed by atoms with Crippen molar-refractivity contribution in [1.82, 2.24) is 4.57 Å². The number of halogens is 2. The first-order chi connectivity index (χ1) is 12.5. The van der Waals surface area contributed by atoms with Gasteiger partial charge in [0.15, 0.2) is 0 Å². The second-order valence-corrected chi connectivity index (χ2v) is 9.55. The highest BCUT2D eigenvalue weighted by molar-refractivity contribution is 8.14. The minimum Gasteiger partial charge on any atom is -0.443 e. The third-order valence-electron chi connectivity index (χ3n) is 3.80. The molecule has 0 fully saturated rings. The first-order valence-electron chi connectivity index (χ1n) is 8.05. The molecular weight excluding hydrogens is 393 g/mol. The van der Waals surface area contributed by atoms with E-state index in [4.69, 9.17) is 15.4 Å². The lowest BCUT2D eigenvalue weighted by Gasteiger charge is -2.19. The molecule has 142 valence electrons. The molecule has 2 aromatic carbocycles. The number of ether oxygens (including phenoxy) is 1. The van der Waals surface area contributed by atoms with E-state index in [0.717, 1.165) is 10.8 Å². The van der Waals surface area contributed by atoms with Crippen LogP contribution in [0.25, 0.3) is 22.0 Å². The lowest BCUT2D eigenvalue weighted by atomic mass is 10.0. The standard InChI is InChI=1S/C19H17ClFNO4S/c1-19(2,3)26-18(23)22-11-17(27(20,24)25)15-9-6-13(10-16(15)22)12-4-7-14(21)8-5-12/h4-11H,1-3H3. The largest absolute Gasteiger partial charge is 0.443 e. The summed E-state index contributed by atoms with van der Waals surface area (Å²) in [5.74, 6) is -0.368. The summed E-state index contributed by atoms with van der Waals surface area (Å²) in [5, 5.41) is 0.293. The number of rotatable bonds is 2. The molecular formula is C19H17ClFNO4S. The Morgan fingerprint density at radius 3 is 2.22 bits per heavy atom. The Balaban J connectivity index is 2.22. The highest BCUT2D eigenvalue weighted by Crippen LogP contribution is 2.32. The van der Waals surface area contributed by atoms with Crippen molar-refractivity contribution in [2.24, 2.45) is 0 Å². The predicted molar refractivity (Wildman–Crippen MR) is 102 cm³/mol. The summed E-state index contributed by atoms with van der Waals surface area (Å²) in [7, 11) is 1.45. The van der Waals surface area contributed by atoms with Gasteiger partial charge in [0.2, 0.25) is 0 Å². The van der Waals surface area contributed by atoms with E-state index >= 15 is 0 Å². The zero-order valence-corrected chi connectivity index (χ0v) is 16.4. The zero-order valence-electron chi connectivity index (χ0n) is 14.9. The van der Waals surface area contributed by atoms with Crippen molar-refractivity contribution in [1.29, 1.82) is 0 Å². The summed E-state index contributed by atoms with van der Waals surface area (Å²) in [6.45, 7) is 5.12. The predicted octanol–water partition coefficient (Wildman–Crippen LogP) is 5.16. The third kappa shape index (κ3) is 4.14. The van der Waals surface area contributed by atoms with Crippen LogP contribution in [0.1, 0.15) is 20.8 Å². The van der Waals surface area contributed by atoms with Crippen LogP contribution in [0.5, 0.6) is 0 Å². The van der Waals surface area contributed by atoms with Crippen LogP contribution in [0.15, 0.2) is 53.6 Å². The van der Waals surface area contributed by atoms with Gasteiger partial charge in [-0.2, -0.15) is 0 Å². The molecule has 0 saturated carbocycles. The Morgan fingerprint density at radius 2 is 1.67 bits per heavy atom. The highest BCUT2D eigenvalue weighted by Gasteiger charge is 2.25. The van der Waals surface area contributed by atoms with Gasteiger partial charge in [-0.25, -0.2) is 17.6 Å². The molecule has 1 aromatic heterocycles. The lowest BCUT2D eigenvalue weighted by molar-refractivity contribution is 0.0544. The fraction of sp³-hybridized carbons (Fsp3) is 0.211. The molecule has 0 amide bonds. The molecule has 27 heavy (non-hydrogen) atoms. The number of carbonyl (C=O) groups is 1. The van der Waals surface area contributed by atoms with Crippen LogP contribution >= 0.6 is 10.7 Å². The molecule has 3 rings (SSSR count). The van der Waals surface area contributed by atoms with Crippen molar-refractivity contribution in [3.63, 3.8) is 0 Å². The first kappa shape index (κ1) is 19.4. The summed E-state index contributed by atoms with van der Waals surface area (Å²) >= 11 is 0. The van der Waals surface area contributed by atoms with Crippen LogP contribution in [0.2, 0.25) is 0 Å². The average molecular weight is 410 g/mol. The Kier molecular flexibility index (Phi) is 4.78. The van der Waals surface area contributed by atoms with E-state index in [9.17, 15) is 17.6 Å². The number of hydrogen-bond acceptors (Lipinski definition) is 4. The average Bonchev–Trinajstić information content (AvgIpc) is 2.93. The molecule has 0 aliphatic rings. The van der Waals surface area contributed by atoms with Crippen molar-refractivity contribution < 1.29 is 22.3 Å². The summed E-state index contributed by atoms with van der Waals surface area (Å²) in [5.41, 5.74) is 0.960. The van der Waals surface area contributed by atoms with Gasteiger partial charge < -0.3 is 4.74 Å². The van der Waals surface area contributed by atoms with Crippen molar-refractivity contribution in [2.45, 2.75) is 31.3 Å². The van der Waals surface area contributed by atoms with Crippen LogP contribution in [-0.4, -0.2) is 24.7 Å². The molecule has 1 heterocycles. The van der Waals surface area contributed by atoms with Crippen LogP contribution in [0, 0.1) is 5.82 Å². The summed E-state index contributed by atoms with van der Waals surface area (Å²) in [6, 6.07) is 10.7. The summed E-state index contributed by atoms with van der Waals surface area (Å²) in [6.07, 6.45) is 0.422. The SMILES string of the molecule is CC(C)(C)OC(=O)n1cc(S(=O)(=O)Cl)c2ccc(-c3ccc(F)cc3)cc21. The molecule has 8 heteroatoms. The Hall–Kier alpha value is -2.38. The van der Waals surface area contributed by atoms with E-state index in [-0.39, 0.29) is 10.7 Å². The Morgan fingerprint density at radius 1 is 1.07 bits per heavy atom. The number of nitrogens with zero attached hydrogens (tertiary/aromatic N) is 1. The molecule has 0 radical (unpaired) electrons. The normalized spacial score (nSPS) is 12.3. The molecule has 0 unspecified atom stereocenters. The van der Waals surface area contributed by atoms with Crippen molar-refractivity contribution in [3.05, 3.63) is 54.5 Å². The maximum absolute atomic E-state index is 13.2. The molecule has 3 aromatic rings. The third-order valence-corrected chi connectivity index (χ3v) is 5.15. The summed E-state index contributed by atoms with van der Waals surface area (Å²) < 4.78 is 43.5. The highest BCUT2D eigenvalue weighted by atomic mass is 35.7. The maximum Gasteiger partial charge on any atom is 0.419 e. The van der Waals surface area contributed by atoms with E-state index in [1.54, 1.807) is 51.1 Å². The van der Waals surface area contributed by atoms with Gasteiger partial charge in [0.25, 0.3) is 9.05 Å². The van der Waals surface area contributed by atoms with Crippen LogP contribution in [0.3, 0.4) is 0 Å². The van der Waals surface area contributed by atoms with Gasteiger partial charge >= 0.3 is 6.09 Å². The summed E-state index contributed by atoms with van der Waals surface area (Å²) in [4.78, 5) is 12.4. The van der Waals surface area contributed by atoms with E-state index in [2.05, 4.69) is 0 Å². The fourth-order valence-electron chi connectivity index (χ4n) is 2.67. The van der Waals surface area contributed by atoms with Crippen molar-refractivity contribution in [2.75, 3.05) is 0 Å². The molecule has 0 atom stereocenters. The van der Waals surface area contributed by atoms with Gasteiger partial charge in [-0.15, -0.1) is 0 Å². The second kappa shape index (κ2) is 6.65. The monoisotopic (exact) mass is 409 g/mol. The smallest absolute Gasteiger partial charge is 0.419 e. The number of benzene rings is 2. The van der Waals surface area contributed by atoms with E-state index in [1.165, 1.54) is 12.1 Å². The number of aromatic nitrogens is 1. The van der Waals surface area contributed by atoms with Crippen molar-refractivity contribution in [3.8, 4) is 11.1 Å². The van der Waals surface area contributed by atoms with Gasteiger partial charge in [-0.3, -0.25) is 4.57 Å². The van der Waals surface area contributed by atoms with E-state index < -0.39 is 20.7 Å². The Bertz CT molecular complexity index is 1130. The maximum atomic E-state index is 13.2. The molecule has 0 spiro atoms. The van der Waals surface area contributed by atoms with Crippen LogP contribution in [-0.2, 0) is 13.8 Å². The first-order valence-corrected chi connectivity index (χ1v) is 10.4. The minimum atomic E-state index is -4.07. The quantitative estimate of drug-likeness (QED) is 0.548. The Labute approximate surface area is 160 Å². The van der Waals surface area contributed by atoms with Gasteiger partial charge in [0.1, 0.15) is 16.3 Å². The van der Waals surface area contributed by atoms with Gasteiger partial charge in [0, 0.05) is 22.3 Å². The molecule has 0 aliphatic carbocycles.